The molecule has 3 rings (SSSR count). The zero-order chi connectivity index (χ0) is 21.1. The normalized spacial score (nSPS) is 15.0. The molecule has 1 amide bonds. The van der Waals surface area contributed by atoms with Crippen LogP contribution in [-0.2, 0) is 19.1 Å². The fourth-order valence-corrected chi connectivity index (χ4v) is 3.09. The number of esters is 2. The Bertz CT molecular complexity index is 993. The van der Waals surface area contributed by atoms with E-state index in [1.807, 2.05) is 0 Å². The van der Waals surface area contributed by atoms with Crippen LogP contribution in [0.5, 0.6) is 5.75 Å². The van der Waals surface area contributed by atoms with Gasteiger partial charge in [-0.25, -0.2) is 4.79 Å². The molecule has 9 heteroatoms. The third-order valence-corrected chi connectivity index (χ3v) is 4.53. The molecule has 152 valence electrons. The molecular formula is C20H20N2O7. The van der Waals surface area contributed by atoms with Crippen molar-refractivity contribution >= 4 is 29.3 Å². The van der Waals surface area contributed by atoms with Crippen molar-refractivity contribution in [3.63, 3.8) is 0 Å². The van der Waals surface area contributed by atoms with Gasteiger partial charge in [0.05, 0.1) is 30.5 Å². The van der Waals surface area contributed by atoms with Gasteiger partial charge in [-0.3, -0.25) is 14.4 Å². The van der Waals surface area contributed by atoms with Crippen LogP contribution in [0, 0.1) is 13.8 Å². The molecule has 1 aromatic carbocycles. The molecular weight excluding hydrogens is 380 g/mol. The summed E-state index contributed by atoms with van der Waals surface area (Å²) in [5.74, 6) is -1.84. The zero-order valence-electron chi connectivity index (χ0n) is 16.2. The molecule has 0 spiro atoms. The van der Waals surface area contributed by atoms with Crippen molar-refractivity contribution in [1.29, 1.82) is 0 Å². The second kappa shape index (κ2) is 8.17. The second-order valence-corrected chi connectivity index (χ2v) is 6.50. The average molecular weight is 400 g/mol. The Morgan fingerprint density at radius 2 is 1.90 bits per heavy atom. The smallest absolute Gasteiger partial charge is 0.339 e. The number of anilines is 1. The Kier molecular flexibility index (Phi) is 5.67. The molecule has 0 radical (unpaired) electrons. The van der Waals surface area contributed by atoms with Gasteiger partial charge in [0, 0.05) is 5.69 Å². The Hall–Kier alpha value is -3.62. The van der Waals surface area contributed by atoms with Crippen molar-refractivity contribution in [3.8, 4) is 5.75 Å². The summed E-state index contributed by atoms with van der Waals surface area (Å²) in [6, 6.07) is 6.85. The van der Waals surface area contributed by atoms with Crippen LogP contribution < -0.4 is 10.1 Å². The lowest BCUT2D eigenvalue weighted by Gasteiger charge is -2.25. The van der Waals surface area contributed by atoms with Crippen LogP contribution >= 0.6 is 0 Å². The van der Waals surface area contributed by atoms with Gasteiger partial charge in [-0.05, 0) is 31.5 Å². The molecule has 2 N–H and O–H groups in total. The van der Waals surface area contributed by atoms with Crippen LogP contribution in [0.3, 0.4) is 0 Å². The fraction of sp³-hybridized carbons (Fsp3) is 0.300. The van der Waals surface area contributed by atoms with Crippen LogP contribution in [0.1, 0.15) is 38.5 Å². The molecule has 1 atom stereocenters. The van der Waals surface area contributed by atoms with Crippen LogP contribution in [0.2, 0.25) is 0 Å². The Labute approximate surface area is 166 Å². The summed E-state index contributed by atoms with van der Waals surface area (Å²) >= 11 is 0. The van der Waals surface area contributed by atoms with Gasteiger partial charge >= 0.3 is 11.9 Å². The molecule has 1 aliphatic heterocycles. The van der Waals surface area contributed by atoms with E-state index in [9.17, 15) is 19.2 Å². The van der Waals surface area contributed by atoms with Crippen LogP contribution in [0.25, 0.3) is 0 Å². The Balaban J connectivity index is 1.59. The number of aromatic nitrogens is 1. The van der Waals surface area contributed by atoms with E-state index in [-0.39, 0.29) is 17.7 Å². The first-order chi connectivity index (χ1) is 13.8. The summed E-state index contributed by atoms with van der Waals surface area (Å²) in [7, 11) is 1.25. The number of fused-ring (bicyclic) bond motifs is 1. The van der Waals surface area contributed by atoms with Crippen molar-refractivity contribution in [2.45, 2.75) is 26.4 Å². The number of hydrogen-bond donors (Lipinski definition) is 2. The van der Waals surface area contributed by atoms with Gasteiger partial charge in [0.25, 0.3) is 5.91 Å². The van der Waals surface area contributed by atoms with Gasteiger partial charge < -0.3 is 24.5 Å². The lowest BCUT2D eigenvalue weighted by atomic mass is 10.1. The van der Waals surface area contributed by atoms with E-state index in [4.69, 9.17) is 14.2 Å². The van der Waals surface area contributed by atoms with Crippen molar-refractivity contribution in [3.05, 3.63) is 46.8 Å². The summed E-state index contributed by atoms with van der Waals surface area (Å²) in [5.41, 5.74) is 1.86. The number of benzene rings is 1. The molecule has 2 heterocycles. The maximum atomic E-state index is 12.4. The zero-order valence-corrected chi connectivity index (χ0v) is 16.2. The molecule has 29 heavy (non-hydrogen) atoms. The SMILES string of the molecule is COC(=O)c1c(C)[nH]c(C(=O)COC(=O)C[C@H]2Oc3ccccc3NC2=O)c1C. The third kappa shape index (κ3) is 4.13. The van der Waals surface area contributed by atoms with Crippen molar-refractivity contribution in [2.24, 2.45) is 0 Å². The molecule has 9 nitrogen and oxygen atoms in total. The van der Waals surface area contributed by atoms with Crippen molar-refractivity contribution < 1.29 is 33.4 Å². The van der Waals surface area contributed by atoms with Gasteiger partial charge in [-0.2, -0.15) is 0 Å². The number of amides is 1. The number of carbonyl (C=O) groups is 4. The van der Waals surface area contributed by atoms with Crippen molar-refractivity contribution in [1.82, 2.24) is 4.98 Å². The highest BCUT2D eigenvalue weighted by molar-refractivity contribution is 6.03. The van der Waals surface area contributed by atoms with Crippen LogP contribution in [0.4, 0.5) is 5.69 Å². The Morgan fingerprint density at radius 3 is 2.62 bits per heavy atom. The molecule has 1 aliphatic rings. The third-order valence-electron chi connectivity index (χ3n) is 4.53. The number of Topliss-reactive ketones (excluding diaryl/α,β-unsaturated/α-hetero) is 1. The highest BCUT2D eigenvalue weighted by Gasteiger charge is 2.30. The summed E-state index contributed by atoms with van der Waals surface area (Å²) < 4.78 is 15.2. The second-order valence-electron chi connectivity index (χ2n) is 6.50. The minimum Gasteiger partial charge on any atom is -0.478 e. The predicted molar refractivity (Wildman–Crippen MR) is 101 cm³/mol. The summed E-state index contributed by atoms with van der Waals surface area (Å²) in [4.78, 5) is 51.2. The van der Waals surface area contributed by atoms with Crippen molar-refractivity contribution in [2.75, 3.05) is 19.0 Å². The number of para-hydroxylation sites is 2. The molecule has 0 bridgehead atoms. The number of aryl methyl sites for hydroxylation is 1. The first-order valence-electron chi connectivity index (χ1n) is 8.84. The Morgan fingerprint density at radius 1 is 1.17 bits per heavy atom. The molecule has 0 fully saturated rings. The number of rotatable bonds is 6. The fourth-order valence-electron chi connectivity index (χ4n) is 3.09. The van der Waals surface area contributed by atoms with Gasteiger partial charge in [0.2, 0.25) is 5.78 Å². The largest absolute Gasteiger partial charge is 0.478 e. The standard InChI is InChI=1S/C20H20N2O7/c1-10-17(20(26)27-3)11(2)21-18(10)13(23)9-28-16(24)8-15-19(25)22-12-6-4-5-7-14(12)29-15/h4-7,15,21H,8-9H2,1-3H3,(H,22,25)/t15-/m1/s1. The maximum absolute atomic E-state index is 12.4. The van der Waals surface area contributed by atoms with E-state index in [2.05, 4.69) is 10.3 Å². The molecule has 0 saturated carbocycles. The van der Waals surface area contributed by atoms with E-state index in [1.54, 1.807) is 38.1 Å². The first kappa shape index (κ1) is 20.1. The van der Waals surface area contributed by atoms with Gasteiger partial charge in [-0.1, -0.05) is 12.1 Å². The number of aromatic amines is 1. The number of methoxy groups -OCH3 is 1. The highest BCUT2D eigenvalue weighted by Crippen LogP contribution is 2.29. The number of nitrogens with one attached hydrogen (secondary N) is 2. The maximum Gasteiger partial charge on any atom is 0.339 e. The van der Waals surface area contributed by atoms with E-state index in [1.165, 1.54) is 7.11 Å². The molecule has 0 saturated heterocycles. The molecule has 0 unspecified atom stereocenters. The monoisotopic (exact) mass is 400 g/mol. The summed E-state index contributed by atoms with van der Waals surface area (Å²) in [6.07, 6.45) is -1.39. The number of ketones is 1. The lowest BCUT2D eigenvalue weighted by Crippen LogP contribution is -2.39. The average Bonchev–Trinajstić information content (AvgIpc) is 3.00. The molecule has 2 aromatic rings. The molecule has 1 aromatic heterocycles. The minimum atomic E-state index is -1.05. The number of H-pyrrole nitrogens is 1. The summed E-state index contributed by atoms with van der Waals surface area (Å²) in [5, 5.41) is 2.65. The topological polar surface area (TPSA) is 124 Å². The highest BCUT2D eigenvalue weighted by atomic mass is 16.5. The van der Waals surface area contributed by atoms with Gasteiger partial charge in [0.1, 0.15) is 5.75 Å². The number of ether oxygens (including phenoxy) is 3. The minimum absolute atomic E-state index is 0.163. The van der Waals surface area contributed by atoms with Gasteiger partial charge in [0.15, 0.2) is 12.7 Å². The molecule has 0 aliphatic carbocycles. The lowest BCUT2D eigenvalue weighted by molar-refractivity contribution is -0.146. The van der Waals surface area contributed by atoms with E-state index in [0.29, 0.717) is 22.7 Å². The summed E-state index contributed by atoms with van der Waals surface area (Å²) in [6.45, 7) is 2.70. The number of carbonyl (C=O) groups excluding carboxylic acids is 4. The van der Waals surface area contributed by atoms with Crippen LogP contribution in [0.15, 0.2) is 24.3 Å². The van der Waals surface area contributed by atoms with E-state index < -0.39 is 36.3 Å². The van der Waals surface area contributed by atoms with E-state index >= 15 is 0 Å². The van der Waals surface area contributed by atoms with Gasteiger partial charge in [-0.15, -0.1) is 0 Å². The van der Waals surface area contributed by atoms with Crippen LogP contribution in [-0.4, -0.2) is 48.4 Å². The van der Waals surface area contributed by atoms with E-state index in [0.717, 1.165) is 0 Å². The first-order valence-corrected chi connectivity index (χ1v) is 8.84. The quantitative estimate of drug-likeness (QED) is 0.561. The predicted octanol–water partition coefficient (Wildman–Crippen LogP) is 1.93. The number of hydrogen-bond acceptors (Lipinski definition) is 7.